The van der Waals surface area contributed by atoms with Crippen molar-refractivity contribution in [3.8, 4) is 11.6 Å². The summed E-state index contributed by atoms with van der Waals surface area (Å²) in [5, 5.41) is 8.75. The first kappa shape index (κ1) is 27.2. The molecule has 0 aliphatic rings. The summed E-state index contributed by atoms with van der Waals surface area (Å²) in [7, 11) is 0. The van der Waals surface area contributed by atoms with Crippen molar-refractivity contribution in [1.29, 1.82) is 0 Å². The Balaban J connectivity index is 1.65. The Morgan fingerprint density at radius 2 is 1.14 bits per heavy atom. The topological polar surface area (TPSA) is 82.7 Å². The fraction of sp³-hybridized carbons (Fsp3) is 0.519. The Bertz CT molecular complexity index is 1020. The number of carbonyl (C=O) groups excluding carboxylic acids is 2. The van der Waals surface area contributed by atoms with Gasteiger partial charge >= 0.3 is 0 Å². The lowest BCUT2D eigenvalue weighted by atomic mass is 10.1. The molecular formula is C27H36IN5O2. The Hall–Kier alpha value is -2.36. The first-order valence-electron chi connectivity index (χ1n) is 12.9. The van der Waals surface area contributed by atoms with Gasteiger partial charge in [0.05, 0.1) is 23.5 Å². The van der Waals surface area contributed by atoms with Crippen LogP contribution in [0.15, 0.2) is 36.9 Å². The molecule has 7 nitrogen and oxygen atoms in total. The van der Waals surface area contributed by atoms with E-state index in [2.05, 4.69) is 51.6 Å². The zero-order chi connectivity index (χ0) is 25.0. The van der Waals surface area contributed by atoms with E-state index < -0.39 is 0 Å². The summed E-state index contributed by atoms with van der Waals surface area (Å²) in [5.41, 5.74) is 1.21. The molecule has 0 fully saturated rings. The third-order valence-electron chi connectivity index (χ3n) is 6.06. The molecule has 0 radical (unpaired) electrons. The lowest BCUT2D eigenvalue weighted by molar-refractivity contribution is 0.0971. The molecule has 8 heteroatoms. The summed E-state index contributed by atoms with van der Waals surface area (Å²) >= 11 is 2.23. The highest BCUT2D eigenvalue weighted by Crippen LogP contribution is 2.18. The number of rotatable bonds is 16. The maximum atomic E-state index is 12.5. The molecule has 3 heterocycles. The molecule has 188 valence electrons. The lowest BCUT2D eigenvalue weighted by Crippen LogP contribution is -2.05. The molecule has 0 aromatic carbocycles. The molecule has 3 aromatic heterocycles. The van der Waals surface area contributed by atoms with Crippen molar-refractivity contribution < 1.29 is 9.59 Å². The number of hydrogen-bond acceptors (Lipinski definition) is 5. The van der Waals surface area contributed by atoms with E-state index in [1.165, 1.54) is 38.5 Å². The number of carbonyl (C=O) groups is 2. The molecule has 0 aliphatic carbocycles. The molecule has 0 saturated heterocycles. The van der Waals surface area contributed by atoms with E-state index in [0.717, 1.165) is 29.3 Å². The number of nitrogens with zero attached hydrogens (tertiary/aromatic N) is 5. The van der Waals surface area contributed by atoms with Crippen molar-refractivity contribution in [2.24, 2.45) is 0 Å². The standard InChI is InChI=1S/C27H36IN5O2/c1-3-5-7-9-11-13-24(34)21-17-29-32(19-21)26-15-23(28)16-27(31-26)33-20-22(18-30-33)25(35)14-12-10-8-6-4-2/h15-20H,3-14H2,1-2H3. The summed E-state index contributed by atoms with van der Waals surface area (Å²) in [6.07, 6.45) is 19.0. The van der Waals surface area contributed by atoms with Gasteiger partial charge in [0.15, 0.2) is 23.2 Å². The summed E-state index contributed by atoms with van der Waals surface area (Å²) in [6.45, 7) is 4.37. The van der Waals surface area contributed by atoms with E-state index in [4.69, 9.17) is 0 Å². The number of unbranched alkanes of at least 4 members (excludes halogenated alkanes) is 8. The van der Waals surface area contributed by atoms with E-state index in [-0.39, 0.29) is 11.6 Å². The van der Waals surface area contributed by atoms with Crippen LogP contribution in [-0.4, -0.2) is 36.1 Å². The van der Waals surface area contributed by atoms with Crippen LogP contribution in [0.3, 0.4) is 0 Å². The maximum Gasteiger partial charge on any atom is 0.166 e. The molecule has 0 spiro atoms. The predicted molar refractivity (Wildman–Crippen MR) is 147 cm³/mol. The van der Waals surface area contributed by atoms with Crippen molar-refractivity contribution in [1.82, 2.24) is 24.5 Å². The van der Waals surface area contributed by atoms with Gasteiger partial charge in [0.2, 0.25) is 0 Å². The summed E-state index contributed by atoms with van der Waals surface area (Å²) in [4.78, 5) is 29.8. The van der Waals surface area contributed by atoms with Gasteiger partial charge in [-0.05, 0) is 47.6 Å². The van der Waals surface area contributed by atoms with E-state index in [0.29, 0.717) is 35.6 Å². The van der Waals surface area contributed by atoms with Gasteiger partial charge in [0, 0.05) is 28.8 Å². The van der Waals surface area contributed by atoms with Gasteiger partial charge in [-0.3, -0.25) is 9.59 Å². The average molecular weight is 590 g/mol. The van der Waals surface area contributed by atoms with E-state index in [1.54, 1.807) is 34.2 Å². The zero-order valence-corrected chi connectivity index (χ0v) is 23.0. The van der Waals surface area contributed by atoms with Crippen LogP contribution in [0.25, 0.3) is 11.6 Å². The van der Waals surface area contributed by atoms with Crippen LogP contribution < -0.4 is 0 Å². The number of aromatic nitrogens is 5. The highest BCUT2D eigenvalue weighted by atomic mass is 127. The molecule has 0 atom stereocenters. The number of pyridine rings is 1. The molecule has 0 unspecified atom stereocenters. The van der Waals surface area contributed by atoms with E-state index in [9.17, 15) is 9.59 Å². The Kier molecular flexibility index (Phi) is 11.1. The van der Waals surface area contributed by atoms with Gasteiger partial charge in [0.1, 0.15) is 0 Å². The quantitative estimate of drug-likeness (QED) is 0.101. The van der Waals surface area contributed by atoms with Crippen LogP contribution in [0.4, 0.5) is 0 Å². The van der Waals surface area contributed by atoms with Crippen molar-refractivity contribution in [2.45, 2.75) is 90.9 Å². The van der Waals surface area contributed by atoms with Gasteiger partial charge < -0.3 is 0 Å². The summed E-state index contributed by atoms with van der Waals surface area (Å²) in [5.74, 6) is 1.44. The molecular weight excluding hydrogens is 553 g/mol. The Morgan fingerprint density at radius 3 is 1.57 bits per heavy atom. The van der Waals surface area contributed by atoms with E-state index in [1.807, 2.05) is 12.1 Å². The first-order valence-corrected chi connectivity index (χ1v) is 13.9. The second-order valence-electron chi connectivity index (χ2n) is 9.02. The number of hydrogen-bond donors (Lipinski definition) is 0. The van der Waals surface area contributed by atoms with Crippen LogP contribution in [0.2, 0.25) is 0 Å². The Labute approximate surface area is 221 Å². The second kappa shape index (κ2) is 14.3. The van der Waals surface area contributed by atoms with Gasteiger partial charge in [-0.25, -0.2) is 14.3 Å². The molecule has 35 heavy (non-hydrogen) atoms. The number of Topliss-reactive ketones (excluding diaryl/α,β-unsaturated/α-hetero) is 2. The van der Waals surface area contributed by atoms with Gasteiger partial charge in [-0.15, -0.1) is 0 Å². The van der Waals surface area contributed by atoms with E-state index >= 15 is 0 Å². The largest absolute Gasteiger partial charge is 0.294 e. The summed E-state index contributed by atoms with van der Waals surface area (Å²) < 4.78 is 4.21. The zero-order valence-electron chi connectivity index (χ0n) is 20.9. The SMILES string of the molecule is CCCCCCCC(=O)c1cnn(-c2cc(I)cc(-n3cc(C(=O)CCCCCCC)cn3)n2)c1. The first-order chi connectivity index (χ1) is 17.0. The molecule has 0 N–H and O–H groups in total. The Morgan fingerprint density at radius 1 is 0.714 bits per heavy atom. The van der Waals surface area contributed by atoms with Crippen molar-refractivity contribution in [3.05, 3.63) is 51.6 Å². The molecule has 3 rings (SSSR count). The number of halogens is 1. The predicted octanol–water partition coefficient (Wildman–Crippen LogP) is 7.14. The second-order valence-corrected chi connectivity index (χ2v) is 10.3. The smallest absolute Gasteiger partial charge is 0.166 e. The van der Waals surface area contributed by atoms with Crippen molar-refractivity contribution in [3.63, 3.8) is 0 Å². The minimum atomic E-state index is 0.114. The minimum absolute atomic E-state index is 0.114. The van der Waals surface area contributed by atoms with Gasteiger partial charge in [0.25, 0.3) is 0 Å². The monoisotopic (exact) mass is 589 g/mol. The fourth-order valence-electron chi connectivity index (χ4n) is 3.96. The van der Waals surface area contributed by atoms with Crippen LogP contribution in [0.1, 0.15) is 112 Å². The van der Waals surface area contributed by atoms with Gasteiger partial charge in [-0.2, -0.15) is 10.2 Å². The van der Waals surface area contributed by atoms with Crippen molar-refractivity contribution in [2.75, 3.05) is 0 Å². The number of ketones is 2. The van der Waals surface area contributed by atoms with Gasteiger partial charge in [-0.1, -0.05) is 65.2 Å². The van der Waals surface area contributed by atoms with Crippen LogP contribution in [-0.2, 0) is 0 Å². The highest BCUT2D eigenvalue weighted by molar-refractivity contribution is 14.1. The highest BCUT2D eigenvalue weighted by Gasteiger charge is 2.14. The molecule has 0 amide bonds. The molecule has 0 saturated carbocycles. The van der Waals surface area contributed by atoms with Crippen LogP contribution in [0, 0.1) is 3.57 Å². The summed E-state index contributed by atoms with van der Waals surface area (Å²) in [6, 6.07) is 3.81. The van der Waals surface area contributed by atoms with Crippen LogP contribution in [0.5, 0.6) is 0 Å². The lowest BCUT2D eigenvalue weighted by Gasteiger charge is -2.06. The average Bonchev–Trinajstić information content (AvgIpc) is 3.54. The minimum Gasteiger partial charge on any atom is -0.294 e. The molecule has 0 aliphatic heterocycles. The fourth-order valence-corrected chi connectivity index (χ4v) is 4.51. The normalized spacial score (nSPS) is 11.2. The molecule has 3 aromatic rings. The molecule has 0 bridgehead atoms. The third kappa shape index (κ3) is 8.37. The maximum absolute atomic E-state index is 12.5. The van der Waals surface area contributed by atoms with Crippen molar-refractivity contribution >= 4 is 34.2 Å². The third-order valence-corrected chi connectivity index (χ3v) is 6.68. The van der Waals surface area contributed by atoms with Crippen LogP contribution >= 0.6 is 22.6 Å².